The van der Waals surface area contributed by atoms with Crippen LogP contribution in [-0.4, -0.2) is 25.3 Å². The highest BCUT2D eigenvalue weighted by atomic mass is 32.2. The summed E-state index contributed by atoms with van der Waals surface area (Å²) in [7, 11) is 0. The molecule has 0 aromatic carbocycles. The van der Waals surface area contributed by atoms with Gasteiger partial charge in [0.15, 0.2) is 16.6 Å². The summed E-state index contributed by atoms with van der Waals surface area (Å²) >= 11 is 5.00. The highest BCUT2D eigenvalue weighted by molar-refractivity contribution is 7.99. The van der Waals surface area contributed by atoms with Crippen molar-refractivity contribution in [1.82, 2.24) is 19.6 Å². The predicted molar refractivity (Wildman–Crippen MR) is 93.8 cm³/mol. The first kappa shape index (κ1) is 13.9. The first-order chi connectivity index (χ1) is 10.8. The molecule has 0 N–H and O–H groups in total. The van der Waals surface area contributed by atoms with E-state index < -0.39 is 0 Å². The Kier molecular flexibility index (Phi) is 3.69. The van der Waals surface area contributed by atoms with E-state index in [4.69, 9.17) is 10.1 Å². The Morgan fingerprint density at radius 2 is 1.86 bits per heavy atom. The monoisotopic (exact) mass is 344 g/mol. The minimum atomic E-state index is 0.802. The highest BCUT2D eigenvalue weighted by Gasteiger charge is 2.14. The van der Waals surface area contributed by atoms with Crippen molar-refractivity contribution in [2.75, 3.05) is 5.75 Å². The van der Waals surface area contributed by atoms with Gasteiger partial charge in [-0.25, -0.2) is 9.97 Å². The fourth-order valence-electron chi connectivity index (χ4n) is 2.17. The Bertz CT molecular complexity index is 895. The number of fused-ring (bicyclic) bond motifs is 1. The summed E-state index contributed by atoms with van der Waals surface area (Å²) in [5.41, 5.74) is 1.79. The lowest BCUT2D eigenvalue weighted by Crippen LogP contribution is -2.01. The van der Waals surface area contributed by atoms with Crippen LogP contribution in [0, 0.1) is 0 Å². The van der Waals surface area contributed by atoms with Crippen LogP contribution < -0.4 is 0 Å². The second kappa shape index (κ2) is 5.83. The molecule has 0 fully saturated rings. The van der Waals surface area contributed by atoms with Gasteiger partial charge in [0.1, 0.15) is 5.69 Å². The molecule has 0 atom stereocenters. The van der Waals surface area contributed by atoms with Crippen LogP contribution in [0.25, 0.3) is 26.9 Å². The molecule has 22 heavy (non-hydrogen) atoms. The minimum absolute atomic E-state index is 0.802. The van der Waals surface area contributed by atoms with Crippen LogP contribution in [0.3, 0.4) is 0 Å². The summed E-state index contributed by atoms with van der Waals surface area (Å²) < 4.78 is 1.85. The molecule has 0 amide bonds. The van der Waals surface area contributed by atoms with Gasteiger partial charge in [0.2, 0.25) is 0 Å². The van der Waals surface area contributed by atoms with Gasteiger partial charge < -0.3 is 0 Å². The Balaban J connectivity index is 1.95. The van der Waals surface area contributed by atoms with Gasteiger partial charge in [0.05, 0.1) is 9.75 Å². The van der Waals surface area contributed by atoms with Gasteiger partial charge in [-0.05, 0) is 28.6 Å². The highest BCUT2D eigenvalue weighted by Crippen LogP contribution is 2.29. The zero-order chi connectivity index (χ0) is 14.9. The van der Waals surface area contributed by atoms with Crippen LogP contribution in [0.1, 0.15) is 6.92 Å². The predicted octanol–water partition coefficient (Wildman–Crippen LogP) is 4.69. The molecule has 0 unspecified atom stereocenters. The first-order valence-corrected chi connectivity index (χ1v) is 9.58. The van der Waals surface area contributed by atoms with E-state index in [2.05, 4.69) is 34.8 Å². The van der Waals surface area contributed by atoms with E-state index in [1.54, 1.807) is 34.4 Å². The summed E-state index contributed by atoms with van der Waals surface area (Å²) in [5, 5.41) is 9.63. The van der Waals surface area contributed by atoms with Gasteiger partial charge in [0.25, 0.3) is 0 Å². The zero-order valence-electron chi connectivity index (χ0n) is 11.8. The summed E-state index contributed by atoms with van der Waals surface area (Å²) in [6.45, 7) is 2.11. The topological polar surface area (TPSA) is 43.1 Å². The summed E-state index contributed by atoms with van der Waals surface area (Å²) in [6.07, 6.45) is 0. The molecule has 4 aromatic heterocycles. The Hall–Kier alpha value is -1.70. The molecule has 0 bridgehead atoms. The lowest BCUT2D eigenvalue weighted by Gasteiger charge is -2.04. The second-order valence-corrected chi connectivity index (χ2v) is 7.64. The average molecular weight is 344 g/mol. The molecule has 0 aliphatic carbocycles. The second-order valence-electron chi connectivity index (χ2n) is 4.52. The molecule has 4 nitrogen and oxygen atoms in total. The number of aromatic nitrogens is 4. The Labute approximate surface area is 139 Å². The molecule has 0 radical (unpaired) electrons. The number of nitrogens with zero attached hydrogens (tertiary/aromatic N) is 4. The standard InChI is InChI=1S/C15H12N4S3/c1-2-20-15-16-13-9-10(11-5-3-7-21-11)18-19(13)14(17-15)12-6-4-8-22-12/h3-9H,2H2,1H3. The molecule has 0 aliphatic rings. The molecule has 0 saturated carbocycles. The fourth-order valence-corrected chi connectivity index (χ4v) is 4.12. The van der Waals surface area contributed by atoms with Crippen molar-refractivity contribution in [3.8, 4) is 21.3 Å². The van der Waals surface area contributed by atoms with Gasteiger partial charge in [-0.15, -0.1) is 22.7 Å². The number of thioether (sulfide) groups is 1. The normalized spacial score (nSPS) is 11.3. The number of rotatable bonds is 4. The number of hydrogen-bond acceptors (Lipinski definition) is 6. The zero-order valence-corrected chi connectivity index (χ0v) is 14.2. The maximum atomic E-state index is 4.71. The van der Waals surface area contributed by atoms with Crippen LogP contribution in [0.4, 0.5) is 0 Å². The van der Waals surface area contributed by atoms with Crippen LogP contribution >= 0.6 is 34.4 Å². The SMILES string of the molecule is CCSc1nc(-c2cccs2)n2nc(-c3cccs3)cc2n1. The third kappa shape index (κ3) is 2.45. The Morgan fingerprint density at radius 1 is 1.09 bits per heavy atom. The molecule has 110 valence electrons. The van der Waals surface area contributed by atoms with Crippen molar-refractivity contribution in [3.63, 3.8) is 0 Å². The van der Waals surface area contributed by atoms with Crippen LogP contribution in [0.2, 0.25) is 0 Å². The van der Waals surface area contributed by atoms with Gasteiger partial charge in [-0.2, -0.15) is 9.61 Å². The van der Waals surface area contributed by atoms with Crippen LogP contribution in [-0.2, 0) is 0 Å². The molecular weight excluding hydrogens is 332 g/mol. The lowest BCUT2D eigenvalue weighted by atomic mass is 10.3. The van der Waals surface area contributed by atoms with Crippen molar-refractivity contribution in [1.29, 1.82) is 0 Å². The van der Waals surface area contributed by atoms with E-state index in [0.29, 0.717) is 0 Å². The van der Waals surface area contributed by atoms with Gasteiger partial charge >= 0.3 is 0 Å². The summed E-state index contributed by atoms with van der Waals surface area (Å²) in [5.74, 6) is 1.81. The summed E-state index contributed by atoms with van der Waals surface area (Å²) in [6, 6.07) is 10.2. The third-order valence-electron chi connectivity index (χ3n) is 3.09. The largest absolute Gasteiger partial charge is 0.203 e. The fraction of sp³-hybridized carbons (Fsp3) is 0.133. The lowest BCUT2D eigenvalue weighted by molar-refractivity contribution is 0.851. The summed E-state index contributed by atoms with van der Waals surface area (Å²) in [4.78, 5) is 11.6. The van der Waals surface area contributed by atoms with Gasteiger partial charge in [-0.1, -0.05) is 30.8 Å². The van der Waals surface area contributed by atoms with E-state index in [0.717, 1.165) is 37.8 Å². The number of hydrogen-bond donors (Lipinski definition) is 0. The molecular formula is C15H12N4S3. The van der Waals surface area contributed by atoms with E-state index >= 15 is 0 Å². The van der Waals surface area contributed by atoms with E-state index in [-0.39, 0.29) is 0 Å². The van der Waals surface area contributed by atoms with Crippen molar-refractivity contribution >= 4 is 40.1 Å². The first-order valence-electron chi connectivity index (χ1n) is 6.83. The molecule has 4 rings (SSSR count). The molecule has 0 saturated heterocycles. The molecule has 4 heterocycles. The Morgan fingerprint density at radius 3 is 2.55 bits per heavy atom. The third-order valence-corrected chi connectivity index (χ3v) is 5.58. The van der Waals surface area contributed by atoms with Crippen LogP contribution in [0.15, 0.2) is 46.2 Å². The van der Waals surface area contributed by atoms with Crippen molar-refractivity contribution in [2.45, 2.75) is 12.1 Å². The number of thiophene rings is 2. The minimum Gasteiger partial charge on any atom is -0.203 e. The van der Waals surface area contributed by atoms with Crippen molar-refractivity contribution < 1.29 is 0 Å². The van der Waals surface area contributed by atoms with Gasteiger partial charge in [0, 0.05) is 6.07 Å². The molecule has 4 aromatic rings. The quantitative estimate of drug-likeness (QED) is 0.504. The van der Waals surface area contributed by atoms with E-state index in [9.17, 15) is 0 Å². The van der Waals surface area contributed by atoms with Crippen molar-refractivity contribution in [3.05, 3.63) is 41.1 Å². The smallest absolute Gasteiger partial charge is 0.191 e. The molecule has 0 spiro atoms. The molecule has 7 heteroatoms. The van der Waals surface area contributed by atoms with Crippen molar-refractivity contribution in [2.24, 2.45) is 0 Å². The van der Waals surface area contributed by atoms with Gasteiger partial charge in [-0.3, -0.25) is 0 Å². The van der Waals surface area contributed by atoms with E-state index in [1.165, 1.54) is 0 Å². The maximum absolute atomic E-state index is 4.71. The van der Waals surface area contributed by atoms with Crippen LogP contribution in [0.5, 0.6) is 0 Å². The average Bonchev–Trinajstić information content (AvgIpc) is 3.26. The van der Waals surface area contributed by atoms with E-state index in [1.807, 2.05) is 22.7 Å². The maximum Gasteiger partial charge on any atom is 0.191 e. The molecule has 0 aliphatic heterocycles.